The molecule has 2 aliphatic carbocycles. The molecule has 88 heavy (non-hydrogen) atoms. The minimum absolute atomic E-state index is 0.0114. The monoisotopic (exact) mass is 1200 g/mol. The summed E-state index contributed by atoms with van der Waals surface area (Å²) in [5.74, 6) is -4.70. The number of methoxy groups -OCH3 is 1. The largest absolute Gasteiger partial charge is 0.465 e. The van der Waals surface area contributed by atoms with Crippen molar-refractivity contribution in [3.05, 3.63) is 154 Å². The molecule has 2 fully saturated rings. The molecule has 1 spiro atoms. The quantitative estimate of drug-likeness (QED) is 0.0450. The number of carbonyl (C=O) groups is 10. The summed E-state index contributed by atoms with van der Waals surface area (Å²) >= 11 is 0. The van der Waals surface area contributed by atoms with E-state index < -0.39 is 52.7 Å². The topological polar surface area (TPSA) is 356 Å². The van der Waals surface area contributed by atoms with Crippen LogP contribution in [0.15, 0.2) is 91.7 Å². The van der Waals surface area contributed by atoms with Crippen LogP contribution in [0, 0.1) is 12.8 Å². The molecule has 8 aromatic heterocycles. The number of ketones is 1. The second-order valence-corrected chi connectivity index (χ2v) is 21.7. The van der Waals surface area contributed by atoms with Crippen molar-refractivity contribution in [3.8, 4) is 0 Å². The summed E-state index contributed by atoms with van der Waals surface area (Å²) in [5.41, 5.74) is 4.18. The molecule has 0 radical (unpaired) electrons. The van der Waals surface area contributed by atoms with Gasteiger partial charge in [-0.05, 0) is 49.6 Å². The third kappa shape index (κ3) is 10.8. The molecular weight excluding hydrogens is 1140 g/mol. The normalized spacial score (nSPS) is 15.5. The van der Waals surface area contributed by atoms with Crippen molar-refractivity contribution >= 4 is 99.5 Å². The number of nitrogens with one attached hydrogen (secondary N) is 8. The first kappa shape index (κ1) is 58.2. The number of esters is 1. The van der Waals surface area contributed by atoms with E-state index in [1.807, 2.05) is 0 Å². The number of amides is 8. The Morgan fingerprint density at radius 1 is 0.636 bits per heavy atom. The predicted octanol–water partition coefficient (Wildman–Crippen LogP) is 3.58. The molecule has 9 heterocycles. The van der Waals surface area contributed by atoms with Crippen molar-refractivity contribution in [1.29, 1.82) is 0 Å². The first-order valence-electron chi connectivity index (χ1n) is 27.3. The molecule has 1 saturated heterocycles. The van der Waals surface area contributed by atoms with E-state index in [0.717, 1.165) is 0 Å². The van der Waals surface area contributed by atoms with Gasteiger partial charge in [-0.3, -0.25) is 43.2 Å². The number of piperidine rings is 1. The van der Waals surface area contributed by atoms with Crippen LogP contribution in [0.25, 0.3) is 6.08 Å². The average molecular weight is 1200 g/mol. The van der Waals surface area contributed by atoms with Crippen molar-refractivity contribution < 1.29 is 52.7 Å². The van der Waals surface area contributed by atoms with Crippen LogP contribution >= 0.6 is 0 Å². The van der Waals surface area contributed by atoms with Gasteiger partial charge in [0.25, 0.3) is 41.4 Å². The molecule has 30 heteroatoms. The highest BCUT2D eigenvalue weighted by Gasteiger charge is 2.68. The number of carbonyl (C=O) groups excluding carboxylic acids is 10. The van der Waals surface area contributed by atoms with Crippen molar-refractivity contribution in [2.75, 3.05) is 52.1 Å². The Balaban J connectivity index is 0.628. The number of imidazole rings is 3. The number of anilines is 6. The third-order valence-corrected chi connectivity index (χ3v) is 15.6. The highest BCUT2D eigenvalue weighted by Crippen LogP contribution is 2.67. The number of allylic oxidation sites excluding steroid dienone is 2. The van der Waals surface area contributed by atoms with Crippen LogP contribution < -0.4 is 37.2 Å². The maximum atomic E-state index is 13.7. The van der Waals surface area contributed by atoms with Crippen LogP contribution in [-0.2, 0) is 69.1 Å². The molecule has 30 nitrogen and oxygen atoms in total. The molecule has 8 amide bonds. The van der Waals surface area contributed by atoms with E-state index in [-0.39, 0.29) is 88.1 Å². The summed E-state index contributed by atoms with van der Waals surface area (Å²) in [6.45, 7) is 2.02. The van der Waals surface area contributed by atoms with E-state index in [2.05, 4.69) is 57.2 Å². The number of nitrogens with zero attached hydrogens (tertiary/aromatic N) is 11. The third-order valence-electron chi connectivity index (χ3n) is 15.6. The lowest BCUT2D eigenvalue weighted by molar-refractivity contribution is -0.124. The summed E-state index contributed by atoms with van der Waals surface area (Å²) < 4.78 is 15.7. The van der Waals surface area contributed by atoms with Gasteiger partial charge in [0.15, 0.2) is 17.5 Å². The molecule has 3 aliphatic rings. The number of hydrogen-bond donors (Lipinski definition) is 8. The predicted molar refractivity (Wildman–Crippen MR) is 316 cm³/mol. The molecule has 2 atom stereocenters. The second kappa shape index (κ2) is 22.4. The lowest BCUT2D eigenvalue weighted by Crippen LogP contribution is -2.33. The number of aromatic amines is 1. The number of hydrogen-bond acceptors (Lipinski definition) is 14. The first-order chi connectivity index (χ1) is 41.9. The Labute approximate surface area is 499 Å². The van der Waals surface area contributed by atoms with Gasteiger partial charge in [-0.15, -0.1) is 0 Å². The summed E-state index contributed by atoms with van der Waals surface area (Å²) in [4.78, 5) is 149. The SMILES string of the molecule is COC(=O)c1c(C)[nH]c2c1C13CC1CN(C(=O)/C=C/c1cc(NC(=O)c4cc(NC(=O)c5nc(NC(=O)CCNC(=O)c6cc(NC(=O)c7cc(NC(=O)c8nc(NC(=O)c9nccn9C)cn8C)cn7C)cn6C)cn5C)cn4C)cn1C)C3=CC2=O. The summed E-state index contributed by atoms with van der Waals surface area (Å²) in [6.07, 6.45) is 17.3. The summed E-state index contributed by atoms with van der Waals surface area (Å²) in [6, 6.07) is 6.09. The van der Waals surface area contributed by atoms with E-state index in [1.54, 1.807) is 96.5 Å². The lowest BCUT2D eigenvalue weighted by Gasteiger charge is -2.27. The fourth-order valence-corrected chi connectivity index (χ4v) is 11.3. The number of aryl methyl sites for hydroxylation is 8. The Bertz CT molecular complexity index is 4370. The zero-order valence-electron chi connectivity index (χ0n) is 49.0. The van der Waals surface area contributed by atoms with Crippen LogP contribution in [0.1, 0.15) is 114 Å². The Hall–Kier alpha value is -11.6. The standard InChI is InChI=1S/C58H59N19O11/c1-29-45(57(87)88-9)46-47(61-29)39(78)20-40-58(46)21-30(58)22-77(40)44(80)11-10-35-16-31(23-71(35)3)62-52(82)37-18-33(25-73(37)5)64-55(85)49-67-41(27-75(49)7)66-43(79)12-13-60-51(81)36-17-32(24-72(36)4)63-53(83)38-19-34(26-74(38)6)65-56(86)50-68-42(28-76(50)8)69-54(84)48-59-14-15-70(48)2/h10-11,14-20,23-28,30,61H,12-13,21-22H2,1-9H3,(H,60,81)(H,62,82)(H,63,83)(H,64,85)(H,65,86)(H,66,79)(H,69,84)/b11-10+. The van der Waals surface area contributed by atoms with Gasteiger partial charge in [0.1, 0.15) is 17.1 Å². The molecule has 11 rings (SSSR count). The second-order valence-electron chi connectivity index (χ2n) is 21.7. The maximum absolute atomic E-state index is 13.7. The number of fused-ring (bicyclic) bond motifs is 1. The van der Waals surface area contributed by atoms with E-state index in [4.69, 9.17) is 4.74 Å². The average Bonchev–Trinajstić information content (AvgIpc) is 1.50. The van der Waals surface area contributed by atoms with Gasteiger partial charge in [-0.25, -0.2) is 19.7 Å². The molecule has 1 aliphatic heterocycles. The van der Waals surface area contributed by atoms with Crippen LogP contribution in [0.4, 0.5) is 34.4 Å². The number of ether oxygens (including phenoxy) is 1. The van der Waals surface area contributed by atoms with E-state index >= 15 is 0 Å². The fourth-order valence-electron chi connectivity index (χ4n) is 11.3. The zero-order valence-corrected chi connectivity index (χ0v) is 49.0. The number of likely N-dealkylation sites (tertiary alicyclic amines) is 1. The van der Waals surface area contributed by atoms with E-state index in [1.165, 1.54) is 95.8 Å². The Kier molecular flexibility index (Phi) is 14.8. The maximum Gasteiger partial charge on any atom is 0.340 e. The molecule has 0 aromatic carbocycles. The van der Waals surface area contributed by atoms with Gasteiger partial charge in [-0.1, -0.05) is 0 Å². The highest BCUT2D eigenvalue weighted by atomic mass is 16.5. The summed E-state index contributed by atoms with van der Waals surface area (Å²) in [5, 5.41) is 19.0. The van der Waals surface area contributed by atoms with Gasteiger partial charge in [0, 0.05) is 159 Å². The minimum Gasteiger partial charge on any atom is -0.465 e. The Morgan fingerprint density at radius 3 is 1.72 bits per heavy atom. The van der Waals surface area contributed by atoms with E-state index in [0.29, 0.717) is 58.2 Å². The van der Waals surface area contributed by atoms with Gasteiger partial charge in [-0.2, -0.15) is 0 Å². The Morgan fingerprint density at radius 2 is 1.16 bits per heavy atom. The molecule has 2 unspecified atom stereocenters. The van der Waals surface area contributed by atoms with E-state index in [9.17, 15) is 47.9 Å². The highest BCUT2D eigenvalue weighted by molar-refractivity contribution is 6.12. The van der Waals surface area contributed by atoms with Crippen molar-refractivity contribution in [2.45, 2.75) is 25.2 Å². The van der Waals surface area contributed by atoms with Gasteiger partial charge < -0.3 is 83.8 Å². The van der Waals surface area contributed by atoms with Crippen LogP contribution in [-0.4, -0.2) is 136 Å². The van der Waals surface area contributed by atoms with Gasteiger partial charge in [0.2, 0.25) is 23.3 Å². The smallest absolute Gasteiger partial charge is 0.340 e. The number of rotatable bonds is 18. The van der Waals surface area contributed by atoms with Crippen LogP contribution in [0.2, 0.25) is 0 Å². The van der Waals surface area contributed by atoms with Crippen LogP contribution in [0.5, 0.6) is 0 Å². The van der Waals surface area contributed by atoms with Crippen molar-refractivity contribution in [1.82, 2.24) is 62.1 Å². The van der Waals surface area contributed by atoms with Crippen molar-refractivity contribution in [3.63, 3.8) is 0 Å². The van der Waals surface area contributed by atoms with Gasteiger partial charge in [0.05, 0.1) is 41.1 Å². The van der Waals surface area contributed by atoms with Gasteiger partial charge >= 0.3 is 5.97 Å². The summed E-state index contributed by atoms with van der Waals surface area (Å²) in [7, 11) is 12.7. The lowest BCUT2D eigenvalue weighted by atomic mass is 9.82. The first-order valence-corrected chi connectivity index (χ1v) is 27.3. The molecule has 8 aromatic rings. The van der Waals surface area contributed by atoms with Crippen molar-refractivity contribution in [2.24, 2.45) is 55.3 Å². The zero-order chi connectivity index (χ0) is 62.8. The number of H-pyrrole nitrogens is 1. The molecule has 8 N–H and O–H groups in total. The molecule has 452 valence electrons. The number of aromatic nitrogens is 11. The van der Waals surface area contributed by atoms with Crippen LogP contribution in [0.3, 0.4) is 0 Å². The minimum atomic E-state index is -0.636. The molecule has 0 bridgehead atoms. The fraction of sp³-hybridized carbons (Fsp3) is 0.259. The molecule has 1 saturated carbocycles. The molecular formula is C58H59N19O11.